The standard InChI is InChI=1S/C50H96O6/c1-5-7-9-11-13-15-20-25-29-33-37-41-48(51)54-44-47(56-50(53)43-39-35-31-27-21-16-14-12-10-8-6-2)45-55-49(52)42-38-34-30-26-23-19-17-18-22-24-28-32-36-40-46(3)4/h46-47H,5-45H2,1-4H3/t47-/m0/s1. The molecule has 332 valence electrons. The number of unbranched alkanes of at least 4 members (excludes halogenated alkanes) is 32. The van der Waals surface area contributed by atoms with E-state index in [-0.39, 0.29) is 31.1 Å². The molecule has 56 heavy (non-hydrogen) atoms. The zero-order chi connectivity index (χ0) is 41.0. The van der Waals surface area contributed by atoms with E-state index in [2.05, 4.69) is 27.7 Å². The Balaban J connectivity index is 4.28. The van der Waals surface area contributed by atoms with E-state index in [1.54, 1.807) is 0 Å². The van der Waals surface area contributed by atoms with Crippen LogP contribution in [0.2, 0.25) is 0 Å². The smallest absolute Gasteiger partial charge is 0.306 e. The average Bonchev–Trinajstić information content (AvgIpc) is 3.18. The van der Waals surface area contributed by atoms with Crippen molar-refractivity contribution in [3.8, 4) is 0 Å². The van der Waals surface area contributed by atoms with Crippen molar-refractivity contribution in [2.45, 2.75) is 284 Å². The third kappa shape index (κ3) is 43.5. The summed E-state index contributed by atoms with van der Waals surface area (Å²) in [5.41, 5.74) is 0. The quantitative estimate of drug-likeness (QED) is 0.0347. The van der Waals surface area contributed by atoms with Crippen LogP contribution in [0.4, 0.5) is 0 Å². The summed E-state index contributed by atoms with van der Waals surface area (Å²) in [6.07, 6.45) is 45.1. The van der Waals surface area contributed by atoms with Crippen LogP contribution in [0.1, 0.15) is 278 Å². The van der Waals surface area contributed by atoms with Gasteiger partial charge in [0.1, 0.15) is 13.2 Å². The van der Waals surface area contributed by atoms with Gasteiger partial charge in [-0.05, 0) is 25.2 Å². The monoisotopic (exact) mass is 793 g/mol. The van der Waals surface area contributed by atoms with Gasteiger partial charge in [-0.25, -0.2) is 0 Å². The van der Waals surface area contributed by atoms with Gasteiger partial charge in [-0.15, -0.1) is 0 Å². The molecule has 1 atom stereocenters. The first-order chi connectivity index (χ1) is 27.4. The number of esters is 3. The molecule has 0 saturated heterocycles. The van der Waals surface area contributed by atoms with E-state index >= 15 is 0 Å². The summed E-state index contributed by atoms with van der Waals surface area (Å²) in [6, 6.07) is 0. The van der Waals surface area contributed by atoms with Gasteiger partial charge in [0.25, 0.3) is 0 Å². The summed E-state index contributed by atoms with van der Waals surface area (Å²) in [6.45, 7) is 9.01. The Kier molecular flexibility index (Phi) is 43.2. The van der Waals surface area contributed by atoms with Crippen LogP contribution >= 0.6 is 0 Å². The molecule has 0 saturated carbocycles. The Morgan fingerprint density at radius 3 is 0.875 bits per heavy atom. The van der Waals surface area contributed by atoms with Crippen molar-refractivity contribution in [2.75, 3.05) is 13.2 Å². The van der Waals surface area contributed by atoms with Crippen LogP contribution in [-0.4, -0.2) is 37.2 Å². The molecule has 6 heteroatoms. The van der Waals surface area contributed by atoms with Crippen LogP contribution in [0, 0.1) is 5.92 Å². The number of ether oxygens (including phenoxy) is 3. The Hall–Kier alpha value is -1.59. The molecule has 0 aliphatic carbocycles. The van der Waals surface area contributed by atoms with Crippen molar-refractivity contribution >= 4 is 17.9 Å². The number of carbonyl (C=O) groups is 3. The van der Waals surface area contributed by atoms with Gasteiger partial charge in [0, 0.05) is 19.3 Å². The summed E-state index contributed by atoms with van der Waals surface area (Å²) in [5, 5.41) is 0. The maximum absolute atomic E-state index is 12.7. The Bertz CT molecular complexity index is 841. The van der Waals surface area contributed by atoms with Crippen molar-refractivity contribution in [3.63, 3.8) is 0 Å². The second-order valence-electron chi connectivity index (χ2n) is 17.6. The molecular formula is C50H96O6. The van der Waals surface area contributed by atoms with Gasteiger partial charge < -0.3 is 14.2 Å². The summed E-state index contributed by atoms with van der Waals surface area (Å²) < 4.78 is 16.8. The van der Waals surface area contributed by atoms with Crippen LogP contribution in [-0.2, 0) is 28.6 Å². The van der Waals surface area contributed by atoms with Gasteiger partial charge in [0.05, 0.1) is 0 Å². The minimum atomic E-state index is -0.759. The topological polar surface area (TPSA) is 78.9 Å². The fraction of sp³-hybridized carbons (Fsp3) is 0.940. The van der Waals surface area contributed by atoms with E-state index in [0.29, 0.717) is 19.3 Å². The van der Waals surface area contributed by atoms with E-state index in [9.17, 15) is 14.4 Å². The zero-order valence-electron chi connectivity index (χ0n) is 38.1. The van der Waals surface area contributed by atoms with Crippen molar-refractivity contribution in [3.05, 3.63) is 0 Å². The van der Waals surface area contributed by atoms with Gasteiger partial charge in [-0.3, -0.25) is 14.4 Å². The van der Waals surface area contributed by atoms with Gasteiger partial charge in [-0.2, -0.15) is 0 Å². The Morgan fingerprint density at radius 1 is 0.339 bits per heavy atom. The lowest BCUT2D eigenvalue weighted by Crippen LogP contribution is -2.30. The van der Waals surface area contributed by atoms with Crippen LogP contribution < -0.4 is 0 Å². The van der Waals surface area contributed by atoms with E-state index in [4.69, 9.17) is 14.2 Å². The van der Waals surface area contributed by atoms with Gasteiger partial charge in [0.15, 0.2) is 6.10 Å². The highest BCUT2D eigenvalue weighted by molar-refractivity contribution is 5.71. The second kappa shape index (κ2) is 44.5. The molecule has 0 unspecified atom stereocenters. The van der Waals surface area contributed by atoms with E-state index in [0.717, 1.165) is 63.7 Å². The van der Waals surface area contributed by atoms with Crippen LogP contribution in [0.15, 0.2) is 0 Å². The number of carbonyl (C=O) groups excluding carboxylic acids is 3. The Labute approximate surface area is 348 Å². The molecule has 0 fully saturated rings. The maximum Gasteiger partial charge on any atom is 0.306 e. The molecule has 0 aliphatic rings. The minimum Gasteiger partial charge on any atom is -0.462 e. The van der Waals surface area contributed by atoms with Gasteiger partial charge in [0.2, 0.25) is 0 Å². The molecule has 0 heterocycles. The predicted molar refractivity (Wildman–Crippen MR) is 238 cm³/mol. The fourth-order valence-corrected chi connectivity index (χ4v) is 7.51. The minimum absolute atomic E-state index is 0.0630. The second-order valence-corrected chi connectivity index (χ2v) is 17.6. The summed E-state index contributed by atoms with van der Waals surface area (Å²) in [7, 11) is 0. The van der Waals surface area contributed by atoms with Gasteiger partial charge in [-0.1, -0.05) is 240 Å². The zero-order valence-corrected chi connectivity index (χ0v) is 38.1. The fourth-order valence-electron chi connectivity index (χ4n) is 7.51. The molecule has 0 rings (SSSR count). The molecule has 0 radical (unpaired) electrons. The lowest BCUT2D eigenvalue weighted by Gasteiger charge is -2.18. The molecule has 0 aromatic carbocycles. The average molecular weight is 793 g/mol. The number of hydrogen-bond donors (Lipinski definition) is 0. The number of hydrogen-bond acceptors (Lipinski definition) is 6. The molecule has 0 bridgehead atoms. The normalized spacial score (nSPS) is 11.9. The first-order valence-electron chi connectivity index (χ1n) is 24.9. The highest BCUT2D eigenvalue weighted by Crippen LogP contribution is 2.17. The third-order valence-corrected chi connectivity index (χ3v) is 11.3. The van der Waals surface area contributed by atoms with Crippen LogP contribution in [0.3, 0.4) is 0 Å². The van der Waals surface area contributed by atoms with Gasteiger partial charge >= 0.3 is 17.9 Å². The van der Waals surface area contributed by atoms with Crippen LogP contribution in [0.5, 0.6) is 0 Å². The predicted octanol–water partition coefficient (Wildman–Crippen LogP) is 15.9. The molecule has 0 amide bonds. The molecule has 6 nitrogen and oxygen atoms in total. The largest absolute Gasteiger partial charge is 0.462 e. The Morgan fingerprint density at radius 2 is 0.589 bits per heavy atom. The van der Waals surface area contributed by atoms with Crippen molar-refractivity contribution in [1.82, 2.24) is 0 Å². The first-order valence-corrected chi connectivity index (χ1v) is 24.9. The van der Waals surface area contributed by atoms with E-state index in [1.807, 2.05) is 0 Å². The molecule has 0 aromatic heterocycles. The highest BCUT2D eigenvalue weighted by Gasteiger charge is 2.19. The molecular weight excluding hydrogens is 697 g/mol. The molecule has 0 aliphatic heterocycles. The SMILES string of the molecule is CCCCCCCCCCCCCC(=O)OC[C@@H](COC(=O)CCCCCCCCCCCCCCCC(C)C)OC(=O)CCCCCCCCCCCCC. The highest BCUT2D eigenvalue weighted by atomic mass is 16.6. The van der Waals surface area contributed by atoms with E-state index in [1.165, 1.54) is 173 Å². The maximum atomic E-state index is 12.7. The van der Waals surface area contributed by atoms with Crippen molar-refractivity contribution in [1.29, 1.82) is 0 Å². The third-order valence-electron chi connectivity index (χ3n) is 11.3. The van der Waals surface area contributed by atoms with Crippen molar-refractivity contribution < 1.29 is 28.6 Å². The molecule has 0 aromatic rings. The summed E-state index contributed by atoms with van der Waals surface area (Å²) in [4.78, 5) is 37.8. The first kappa shape index (κ1) is 54.4. The lowest BCUT2D eigenvalue weighted by atomic mass is 10.0. The lowest BCUT2D eigenvalue weighted by molar-refractivity contribution is -0.167. The number of rotatable bonds is 45. The summed E-state index contributed by atoms with van der Waals surface area (Å²) in [5.74, 6) is -0.00847. The molecule has 0 N–H and O–H groups in total. The molecule has 0 spiro atoms. The van der Waals surface area contributed by atoms with E-state index < -0.39 is 6.10 Å². The summed E-state index contributed by atoms with van der Waals surface area (Å²) >= 11 is 0. The van der Waals surface area contributed by atoms with Crippen molar-refractivity contribution in [2.24, 2.45) is 5.92 Å². The van der Waals surface area contributed by atoms with Crippen LogP contribution in [0.25, 0.3) is 0 Å².